The standard InChI is InChI=1S/C12H17ClO2/c1-4-11(14)12(2,3)15-10-7-5-6-9(13)8-10/h5-8,11,14H,4H2,1-3H3. The Morgan fingerprint density at radius 1 is 1.47 bits per heavy atom. The van der Waals surface area contributed by atoms with Crippen molar-refractivity contribution in [3.63, 3.8) is 0 Å². The molecule has 0 aliphatic rings. The highest BCUT2D eigenvalue weighted by molar-refractivity contribution is 6.30. The normalized spacial score (nSPS) is 13.7. The number of aliphatic hydroxyl groups excluding tert-OH is 1. The van der Waals surface area contributed by atoms with Crippen molar-refractivity contribution in [1.82, 2.24) is 0 Å². The number of hydrogen-bond donors (Lipinski definition) is 1. The van der Waals surface area contributed by atoms with Crippen LogP contribution in [-0.4, -0.2) is 16.8 Å². The van der Waals surface area contributed by atoms with E-state index in [-0.39, 0.29) is 0 Å². The van der Waals surface area contributed by atoms with E-state index in [4.69, 9.17) is 16.3 Å². The maximum atomic E-state index is 9.76. The summed E-state index contributed by atoms with van der Waals surface area (Å²) in [6.07, 6.45) is 0.171. The third-order valence-electron chi connectivity index (χ3n) is 2.37. The van der Waals surface area contributed by atoms with Gasteiger partial charge in [-0.1, -0.05) is 24.6 Å². The molecule has 0 bridgehead atoms. The van der Waals surface area contributed by atoms with Crippen molar-refractivity contribution in [2.24, 2.45) is 0 Å². The maximum Gasteiger partial charge on any atom is 0.129 e. The van der Waals surface area contributed by atoms with E-state index in [2.05, 4.69) is 0 Å². The molecule has 1 N–H and O–H groups in total. The van der Waals surface area contributed by atoms with Gasteiger partial charge in [0.25, 0.3) is 0 Å². The van der Waals surface area contributed by atoms with Gasteiger partial charge in [0.05, 0.1) is 6.10 Å². The minimum absolute atomic E-state index is 0.489. The summed E-state index contributed by atoms with van der Waals surface area (Å²) < 4.78 is 5.70. The fraction of sp³-hybridized carbons (Fsp3) is 0.500. The fourth-order valence-corrected chi connectivity index (χ4v) is 1.57. The van der Waals surface area contributed by atoms with E-state index in [9.17, 15) is 5.11 Å². The van der Waals surface area contributed by atoms with Crippen LogP contribution in [0.3, 0.4) is 0 Å². The van der Waals surface area contributed by atoms with Crippen LogP contribution >= 0.6 is 11.6 Å². The molecule has 0 aliphatic carbocycles. The van der Waals surface area contributed by atoms with Gasteiger partial charge in [0.15, 0.2) is 0 Å². The lowest BCUT2D eigenvalue weighted by atomic mass is 9.99. The summed E-state index contributed by atoms with van der Waals surface area (Å²) in [6.45, 7) is 5.65. The molecule has 0 radical (unpaired) electrons. The first kappa shape index (κ1) is 12.3. The molecular weight excluding hydrogens is 212 g/mol. The number of benzene rings is 1. The summed E-state index contributed by atoms with van der Waals surface area (Å²) in [5.41, 5.74) is -0.598. The zero-order valence-corrected chi connectivity index (χ0v) is 10.1. The Labute approximate surface area is 95.8 Å². The van der Waals surface area contributed by atoms with Gasteiger partial charge in [-0.05, 0) is 38.5 Å². The average Bonchev–Trinajstić information content (AvgIpc) is 2.15. The highest BCUT2D eigenvalue weighted by Crippen LogP contribution is 2.24. The monoisotopic (exact) mass is 228 g/mol. The summed E-state index contributed by atoms with van der Waals surface area (Å²) in [7, 11) is 0. The first-order chi connectivity index (χ1) is 6.95. The molecule has 1 aromatic rings. The second-order valence-electron chi connectivity index (χ2n) is 4.09. The molecule has 0 fully saturated rings. The number of halogens is 1. The smallest absolute Gasteiger partial charge is 0.129 e. The van der Waals surface area contributed by atoms with Crippen molar-refractivity contribution < 1.29 is 9.84 Å². The van der Waals surface area contributed by atoms with Crippen LogP contribution in [0, 0.1) is 0 Å². The Morgan fingerprint density at radius 2 is 2.13 bits per heavy atom. The van der Waals surface area contributed by atoms with Gasteiger partial charge in [0.2, 0.25) is 0 Å². The minimum Gasteiger partial charge on any atom is -0.485 e. The summed E-state index contributed by atoms with van der Waals surface area (Å²) >= 11 is 5.84. The first-order valence-electron chi connectivity index (χ1n) is 5.08. The summed E-state index contributed by atoms with van der Waals surface area (Å²) in [5.74, 6) is 0.681. The number of ether oxygens (including phenoxy) is 1. The molecule has 0 amide bonds. The Hall–Kier alpha value is -0.730. The second kappa shape index (κ2) is 4.86. The molecule has 15 heavy (non-hydrogen) atoms. The van der Waals surface area contributed by atoms with Crippen LogP contribution in [0.15, 0.2) is 24.3 Å². The number of hydrogen-bond acceptors (Lipinski definition) is 2. The van der Waals surface area contributed by atoms with Gasteiger partial charge >= 0.3 is 0 Å². The average molecular weight is 229 g/mol. The lowest BCUT2D eigenvalue weighted by molar-refractivity contribution is -0.0297. The predicted molar refractivity (Wildman–Crippen MR) is 62.5 cm³/mol. The van der Waals surface area contributed by atoms with E-state index in [1.807, 2.05) is 32.9 Å². The zero-order chi connectivity index (χ0) is 11.5. The lowest BCUT2D eigenvalue weighted by Gasteiger charge is -2.31. The Morgan fingerprint density at radius 3 is 2.67 bits per heavy atom. The molecule has 0 heterocycles. The highest BCUT2D eigenvalue weighted by atomic mass is 35.5. The van der Waals surface area contributed by atoms with Gasteiger partial charge < -0.3 is 9.84 Å². The second-order valence-corrected chi connectivity index (χ2v) is 4.52. The van der Waals surface area contributed by atoms with Crippen LogP contribution in [0.2, 0.25) is 5.02 Å². The number of rotatable bonds is 4. The van der Waals surface area contributed by atoms with Gasteiger partial charge in [-0.25, -0.2) is 0 Å². The lowest BCUT2D eigenvalue weighted by Crippen LogP contribution is -2.41. The van der Waals surface area contributed by atoms with Gasteiger partial charge in [0.1, 0.15) is 11.4 Å². The van der Waals surface area contributed by atoms with Gasteiger partial charge in [-0.15, -0.1) is 0 Å². The molecule has 0 saturated carbocycles. The molecule has 84 valence electrons. The van der Waals surface area contributed by atoms with Gasteiger partial charge in [0, 0.05) is 5.02 Å². The molecule has 0 aliphatic heterocycles. The van der Waals surface area contributed by atoms with Crippen LogP contribution in [0.1, 0.15) is 27.2 Å². The molecule has 0 spiro atoms. The number of aliphatic hydroxyl groups is 1. The summed E-state index contributed by atoms with van der Waals surface area (Å²) in [4.78, 5) is 0. The van der Waals surface area contributed by atoms with Crippen molar-refractivity contribution in [3.8, 4) is 5.75 Å². The predicted octanol–water partition coefficient (Wildman–Crippen LogP) is 3.27. The van der Waals surface area contributed by atoms with Crippen LogP contribution in [0.25, 0.3) is 0 Å². The molecule has 1 rings (SSSR count). The SMILES string of the molecule is CCC(O)C(C)(C)Oc1cccc(Cl)c1. The summed E-state index contributed by atoms with van der Waals surface area (Å²) in [5, 5.41) is 10.4. The third-order valence-corrected chi connectivity index (χ3v) is 2.60. The van der Waals surface area contributed by atoms with E-state index in [1.54, 1.807) is 12.1 Å². The van der Waals surface area contributed by atoms with E-state index < -0.39 is 11.7 Å². The van der Waals surface area contributed by atoms with E-state index >= 15 is 0 Å². The van der Waals surface area contributed by atoms with Gasteiger partial charge in [-0.3, -0.25) is 0 Å². The van der Waals surface area contributed by atoms with Crippen LogP contribution < -0.4 is 4.74 Å². The molecule has 1 unspecified atom stereocenters. The molecule has 1 atom stereocenters. The van der Waals surface area contributed by atoms with Crippen molar-refractivity contribution in [1.29, 1.82) is 0 Å². The molecule has 1 aromatic carbocycles. The van der Waals surface area contributed by atoms with Crippen molar-refractivity contribution >= 4 is 11.6 Å². The Kier molecular flexibility index (Phi) is 4.00. The van der Waals surface area contributed by atoms with Crippen LogP contribution in [0.4, 0.5) is 0 Å². The summed E-state index contributed by atoms with van der Waals surface area (Å²) in [6, 6.07) is 7.19. The van der Waals surface area contributed by atoms with Gasteiger partial charge in [-0.2, -0.15) is 0 Å². The molecule has 3 heteroatoms. The molecule has 2 nitrogen and oxygen atoms in total. The van der Waals surface area contributed by atoms with Crippen LogP contribution in [-0.2, 0) is 0 Å². The highest BCUT2D eigenvalue weighted by Gasteiger charge is 2.28. The van der Waals surface area contributed by atoms with Crippen molar-refractivity contribution in [2.75, 3.05) is 0 Å². The molecular formula is C12H17ClO2. The molecule has 0 saturated heterocycles. The third kappa shape index (κ3) is 3.40. The Balaban J connectivity index is 2.77. The zero-order valence-electron chi connectivity index (χ0n) is 9.33. The fourth-order valence-electron chi connectivity index (χ4n) is 1.39. The van der Waals surface area contributed by atoms with Crippen molar-refractivity contribution in [2.45, 2.75) is 38.9 Å². The van der Waals surface area contributed by atoms with Crippen LogP contribution in [0.5, 0.6) is 5.75 Å². The van der Waals surface area contributed by atoms with E-state index in [0.717, 1.165) is 0 Å². The first-order valence-corrected chi connectivity index (χ1v) is 5.46. The van der Waals surface area contributed by atoms with E-state index in [0.29, 0.717) is 17.2 Å². The topological polar surface area (TPSA) is 29.5 Å². The van der Waals surface area contributed by atoms with Crippen molar-refractivity contribution in [3.05, 3.63) is 29.3 Å². The maximum absolute atomic E-state index is 9.76. The minimum atomic E-state index is -0.598. The molecule has 0 aromatic heterocycles. The van der Waals surface area contributed by atoms with E-state index in [1.165, 1.54) is 0 Å². The quantitative estimate of drug-likeness (QED) is 0.857. The largest absolute Gasteiger partial charge is 0.485 e. The Bertz CT molecular complexity index is 323.